The Hall–Kier alpha value is -2.65. The maximum absolute atomic E-state index is 12.8. The van der Waals surface area contributed by atoms with Gasteiger partial charge in [0.1, 0.15) is 16.7 Å². The lowest BCUT2D eigenvalue weighted by Gasteiger charge is -2.33. The van der Waals surface area contributed by atoms with E-state index in [1.165, 1.54) is 6.92 Å². The minimum Gasteiger partial charge on any atom is -0.480 e. The van der Waals surface area contributed by atoms with Crippen LogP contribution in [0.1, 0.15) is 27.4 Å². The Morgan fingerprint density at radius 1 is 1.28 bits per heavy atom. The fourth-order valence-electron chi connectivity index (χ4n) is 2.95. The number of fused-ring (bicyclic) bond motifs is 1. The van der Waals surface area contributed by atoms with Gasteiger partial charge in [-0.25, -0.2) is 18.4 Å². The Morgan fingerprint density at radius 3 is 2.48 bits per heavy atom. The summed E-state index contributed by atoms with van der Waals surface area (Å²) >= 11 is 0. The zero-order valence-corrected chi connectivity index (χ0v) is 14.1. The van der Waals surface area contributed by atoms with Gasteiger partial charge in [-0.1, -0.05) is 24.3 Å². The molecule has 0 aliphatic carbocycles. The van der Waals surface area contributed by atoms with E-state index in [2.05, 4.69) is 0 Å². The Balaban J connectivity index is 1.99. The number of carbonyl (C=O) groups excluding carboxylic acids is 1. The monoisotopic (exact) mass is 364 g/mol. The molecule has 132 valence electrons. The van der Waals surface area contributed by atoms with E-state index in [-0.39, 0.29) is 29.4 Å². The first-order chi connectivity index (χ1) is 11.7. The van der Waals surface area contributed by atoms with Gasteiger partial charge in [-0.15, -0.1) is 0 Å². The maximum Gasteiger partial charge on any atom is 0.326 e. The number of rotatable bonds is 3. The number of nitrogens with zero attached hydrogens (tertiary/aromatic N) is 1. The second-order valence-corrected chi connectivity index (χ2v) is 7.37. The summed E-state index contributed by atoms with van der Waals surface area (Å²) in [6, 6.07) is 7.22. The van der Waals surface area contributed by atoms with Crippen LogP contribution < -0.4 is 5.14 Å². The third-order valence-corrected chi connectivity index (χ3v) is 5.20. The first kappa shape index (κ1) is 17.2. The lowest BCUT2D eigenvalue weighted by molar-refractivity contribution is -0.142. The van der Waals surface area contributed by atoms with Gasteiger partial charge in [0.25, 0.3) is 5.91 Å². The normalized spacial score (nSPS) is 17.2. The van der Waals surface area contributed by atoms with Crippen LogP contribution in [0, 0.1) is 6.92 Å². The molecule has 9 heteroatoms. The van der Waals surface area contributed by atoms with Gasteiger partial charge >= 0.3 is 5.97 Å². The number of aryl methyl sites for hydroxylation is 1. The Bertz CT molecular complexity index is 963. The molecule has 2 heterocycles. The van der Waals surface area contributed by atoms with E-state index in [1.54, 1.807) is 6.07 Å². The highest BCUT2D eigenvalue weighted by atomic mass is 32.2. The van der Waals surface area contributed by atoms with Crippen LogP contribution >= 0.6 is 0 Å². The van der Waals surface area contributed by atoms with E-state index in [0.717, 1.165) is 22.1 Å². The molecule has 8 nitrogen and oxygen atoms in total. The van der Waals surface area contributed by atoms with Crippen LogP contribution in [0.4, 0.5) is 0 Å². The van der Waals surface area contributed by atoms with Crippen LogP contribution in [-0.4, -0.2) is 36.3 Å². The number of benzene rings is 1. The number of carboxylic acids is 1. The van der Waals surface area contributed by atoms with E-state index in [9.17, 15) is 23.1 Å². The quantitative estimate of drug-likeness (QED) is 0.831. The van der Waals surface area contributed by atoms with Crippen molar-refractivity contribution < 1.29 is 27.5 Å². The molecule has 0 fully saturated rings. The first-order valence-corrected chi connectivity index (χ1v) is 8.97. The molecule has 0 spiro atoms. The minimum absolute atomic E-state index is 0.0184. The zero-order valence-electron chi connectivity index (χ0n) is 13.3. The van der Waals surface area contributed by atoms with E-state index < -0.39 is 27.9 Å². The molecule has 3 rings (SSSR count). The Morgan fingerprint density at radius 2 is 1.92 bits per heavy atom. The van der Waals surface area contributed by atoms with Crippen LogP contribution in [0.2, 0.25) is 0 Å². The number of nitrogens with two attached hydrogens (primary N) is 1. The maximum atomic E-state index is 12.8. The van der Waals surface area contributed by atoms with Crippen LogP contribution in [0.3, 0.4) is 0 Å². The number of carboxylic acid groups (broad SMARTS) is 1. The second-order valence-electron chi connectivity index (χ2n) is 5.84. The molecule has 1 aliphatic rings. The number of amides is 1. The number of primary sulfonamides is 1. The average molecular weight is 364 g/mol. The highest BCUT2D eigenvalue weighted by Gasteiger charge is 2.36. The third-order valence-electron chi connectivity index (χ3n) is 4.18. The third kappa shape index (κ3) is 3.15. The van der Waals surface area contributed by atoms with Crippen molar-refractivity contribution in [1.82, 2.24) is 4.90 Å². The molecule has 1 aliphatic heterocycles. The van der Waals surface area contributed by atoms with Gasteiger partial charge in [-0.3, -0.25) is 4.79 Å². The van der Waals surface area contributed by atoms with Crippen molar-refractivity contribution in [3.63, 3.8) is 0 Å². The topological polar surface area (TPSA) is 131 Å². The van der Waals surface area contributed by atoms with Gasteiger partial charge in [-0.05, 0) is 18.1 Å². The van der Waals surface area contributed by atoms with Gasteiger partial charge in [0, 0.05) is 19.0 Å². The van der Waals surface area contributed by atoms with Crippen LogP contribution in [-0.2, 0) is 27.8 Å². The largest absolute Gasteiger partial charge is 0.480 e. The molecule has 0 saturated heterocycles. The fraction of sp³-hybridized carbons (Fsp3) is 0.250. The van der Waals surface area contributed by atoms with Gasteiger partial charge in [0.05, 0.1) is 0 Å². The molecule has 1 atom stereocenters. The molecular weight excluding hydrogens is 348 g/mol. The number of carbonyl (C=O) groups is 2. The van der Waals surface area contributed by atoms with Gasteiger partial charge in [0.15, 0.2) is 5.76 Å². The summed E-state index contributed by atoms with van der Waals surface area (Å²) in [7, 11) is -4.04. The SMILES string of the molecule is Cc1oc(C(=O)N2Cc3ccccc3C[C@H]2C(=O)O)cc1S(N)(=O)=O. The summed E-state index contributed by atoms with van der Waals surface area (Å²) in [5.74, 6) is -2.11. The Labute approximate surface area is 143 Å². The summed E-state index contributed by atoms with van der Waals surface area (Å²) in [5, 5.41) is 14.6. The van der Waals surface area contributed by atoms with Crippen molar-refractivity contribution >= 4 is 21.9 Å². The van der Waals surface area contributed by atoms with E-state index in [1.807, 2.05) is 18.2 Å². The highest BCUT2D eigenvalue weighted by Crippen LogP contribution is 2.27. The minimum atomic E-state index is -4.04. The summed E-state index contributed by atoms with van der Waals surface area (Å²) in [4.78, 5) is 25.2. The lowest BCUT2D eigenvalue weighted by atomic mass is 9.94. The average Bonchev–Trinajstić information content (AvgIpc) is 2.95. The first-order valence-electron chi connectivity index (χ1n) is 7.42. The molecule has 0 saturated carbocycles. The van der Waals surface area contributed by atoms with E-state index in [0.29, 0.717) is 0 Å². The van der Waals surface area contributed by atoms with Crippen molar-refractivity contribution in [2.24, 2.45) is 5.14 Å². The number of furan rings is 1. The summed E-state index contributed by atoms with van der Waals surface area (Å²) in [6.45, 7) is 1.47. The second kappa shape index (κ2) is 6.01. The van der Waals surface area contributed by atoms with Crippen molar-refractivity contribution in [3.8, 4) is 0 Å². The number of sulfonamides is 1. The number of hydrogen-bond donors (Lipinski definition) is 2. The molecular formula is C16H16N2O6S. The van der Waals surface area contributed by atoms with Gasteiger partial charge in [0.2, 0.25) is 10.0 Å². The number of aliphatic carboxylic acids is 1. The highest BCUT2D eigenvalue weighted by molar-refractivity contribution is 7.89. The summed E-state index contributed by atoms with van der Waals surface area (Å²) < 4.78 is 28.2. The summed E-state index contributed by atoms with van der Waals surface area (Å²) in [6.07, 6.45) is 0.166. The molecule has 1 aromatic heterocycles. The molecule has 25 heavy (non-hydrogen) atoms. The standard InChI is InChI=1S/C16H16N2O6S/c1-9-14(25(17,22)23)7-13(24-9)15(19)18-8-11-5-3-2-4-10(11)6-12(18)16(20)21/h2-5,7,12H,6,8H2,1H3,(H,20,21)(H2,17,22,23)/t12-/m0/s1. The van der Waals surface area contributed by atoms with Crippen LogP contribution in [0.15, 0.2) is 39.6 Å². The molecule has 0 bridgehead atoms. The molecule has 0 unspecified atom stereocenters. The van der Waals surface area contributed by atoms with Gasteiger partial charge in [-0.2, -0.15) is 0 Å². The van der Waals surface area contributed by atoms with Crippen LogP contribution in [0.5, 0.6) is 0 Å². The molecule has 1 amide bonds. The Kier molecular flexibility index (Phi) is 4.13. The summed E-state index contributed by atoms with van der Waals surface area (Å²) in [5.41, 5.74) is 1.70. The van der Waals surface area contributed by atoms with Crippen molar-refractivity contribution in [3.05, 3.63) is 53.0 Å². The predicted molar refractivity (Wildman–Crippen MR) is 86.3 cm³/mol. The van der Waals surface area contributed by atoms with Gasteiger partial charge < -0.3 is 14.4 Å². The molecule has 1 aromatic carbocycles. The van der Waals surface area contributed by atoms with Crippen molar-refractivity contribution in [1.29, 1.82) is 0 Å². The molecule has 0 radical (unpaired) electrons. The predicted octanol–water partition coefficient (Wildman–Crippen LogP) is 0.887. The van der Waals surface area contributed by atoms with Crippen molar-refractivity contribution in [2.75, 3.05) is 0 Å². The molecule has 3 N–H and O–H groups in total. The van der Waals surface area contributed by atoms with Crippen molar-refractivity contribution in [2.45, 2.75) is 30.8 Å². The molecule has 2 aromatic rings. The van der Waals surface area contributed by atoms with E-state index >= 15 is 0 Å². The zero-order chi connectivity index (χ0) is 18.4. The van der Waals surface area contributed by atoms with Crippen LogP contribution in [0.25, 0.3) is 0 Å². The van der Waals surface area contributed by atoms with E-state index in [4.69, 9.17) is 9.56 Å². The fourth-order valence-corrected chi connectivity index (χ4v) is 3.67. The lowest BCUT2D eigenvalue weighted by Crippen LogP contribution is -2.48. The number of hydrogen-bond acceptors (Lipinski definition) is 5. The smallest absolute Gasteiger partial charge is 0.326 e.